The fraction of sp³-hybridized carbons (Fsp3) is 1.00. The molecule has 3 heteroatoms. The van der Waals surface area contributed by atoms with Gasteiger partial charge in [-0.15, -0.1) is 0 Å². The first-order valence-electron chi connectivity index (χ1n) is 5.84. The van der Waals surface area contributed by atoms with E-state index in [0.29, 0.717) is 11.3 Å². The predicted molar refractivity (Wildman–Crippen MR) is 75.2 cm³/mol. The summed E-state index contributed by atoms with van der Waals surface area (Å²) in [5.74, 6) is 4.35. The van der Waals surface area contributed by atoms with Crippen LogP contribution in [-0.4, -0.2) is 41.8 Å². The molecule has 2 unspecified atom stereocenters. The molecule has 0 radical (unpaired) electrons. The van der Waals surface area contributed by atoms with E-state index < -0.39 is 0 Å². The highest BCUT2D eigenvalue weighted by atomic mass is 32.2. The van der Waals surface area contributed by atoms with Crippen molar-refractivity contribution in [2.45, 2.75) is 33.2 Å². The molecule has 0 aromatic carbocycles. The van der Waals surface area contributed by atoms with Crippen molar-refractivity contribution in [3.8, 4) is 0 Å². The van der Waals surface area contributed by atoms with E-state index in [0.717, 1.165) is 11.8 Å². The SMILES string of the molecule is CN(CC(CS)C(C)(C)C)C1CCSC1. The minimum absolute atomic E-state index is 0.377. The third-order valence-electron chi connectivity index (χ3n) is 3.48. The smallest absolute Gasteiger partial charge is 0.0191 e. The Hall–Kier alpha value is 0.660. The van der Waals surface area contributed by atoms with Gasteiger partial charge in [-0.2, -0.15) is 24.4 Å². The summed E-state index contributed by atoms with van der Waals surface area (Å²) >= 11 is 6.59. The van der Waals surface area contributed by atoms with Crippen LogP contribution in [0.4, 0.5) is 0 Å². The van der Waals surface area contributed by atoms with Crippen molar-refractivity contribution in [3.05, 3.63) is 0 Å². The average Bonchev–Trinajstić information content (AvgIpc) is 2.64. The van der Waals surface area contributed by atoms with Crippen LogP contribution < -0.4 is 0 Å². The Bertz CT molecular complexity index is 183. The summed E-state index contributed by atoms with van der Waals surface area (Å²) in [6.07, 6.45) is 1.37. The molecule has 1 aliphatic heterocycles. The Morgan fingerprint density at radius 1 is 1.47 bits per heavy atom. The zero-order chi connectivity index (χ0) is 11.5. The van der Waals surface area contributed by atoms with Crippen LogP contribution in [0.2, 0.25) is 0 Å². The van der Waals surface area contributed by atoms with Crippen molar-refractivity contribution < 1.29 is 0 Å². The van der Waals surface area contributed by atoms with Crippen LogP contribution in [-0.2, 0) is 0 Å². The highest BCUT2D eigenvalue weighted by Crippen LogP contribution is 2.29. The summed E-state index contributed by atoms with van der Waals surface area (Å²) < 4.78 is 0. The molecule has 15 heavy (non-hydrogen) atoms. The number of thioether (sulfide) groups is 1. The van der Waals surface area contributed by atoms with Gasteiger partial charge in [0, 0.05) is 18.3 Å². The first kappa shape index (κ1) is 13.7. The fourth-order valence-electron chi connectivity index (χ4n) is 1.97. The maximum Gasteiger partial charge on any atom is 0.0191 e. The molecule has 1 aliphatic rings. The summed E-state index contributed by atoms with van der Waals surface area (Å²) in [6.45, 7) is 8.17. The highest BCUT2D eigenvalue weighted by molar-refractivity contribution is 7.99. The molecule has 0 N–H and O–H groups in total. The average molecular weight is 247 g/mol. The molecule has 0 spiro atoms. The molecule has 1 heterocycles. The van der Waals surface area contributed by atoms with Gasteiger partial charge in [-0.3, -0.25) is 0 Å². The van der Waals surface area contributed by atoms with E-state index in [9.17, 15) is 0 Å². The lowest BCUT2D eigenvalue weighted by atomic mass is 9.81. The molecule has 0 amide bonds. The summed E-state index contributed by atoms with van der Waals surface area (Å²) in [4.78, 5) is 2.55. The van der Waals surface area contributed by atoms with E-state index in [1.165, 1.54) is 24.5 Å². The second kappa shape index (κ2) is 5.83. The van der Waals surface area contributed by atoms with Crippen LogP contribution >= 0.6 is 24.4 Å². The van der Waals surface area contributed by atoms with Crippen LogP contribution in [0.1, 0.15) is 27.2 Å². The molecule has 0 aromatic rings. The predicted octanol–water partition coefficient (Wildman–Crippen LogP) is 3.02. The van der Waals surface area contributed by atoms with Crippen LogP contribution in [0.25, 0.3) is 0 Å². The molecular weight excluding hydrogens is 222 g/mol. The van der Waals surface area contributed by atoms with E-state index in [1.54, 1.807) is 0 Å². The molecule has 0 bridgehead atoms. The minimum Gasteiger partial charge on any atom is -0.302 e. The van der Waals surface area contributed by atoms with Crippen LogP contribution in [0.15, 0.2) is 0 Å². The Labute approximate surface area is 105 Å². The Morgan fingerprint density at radius 3 is 2.53 bits per heavy atom. The van der Waals surface area contributed by atoms with E-state index in [-0.39, 0.29) is 0 Å². The lowest BCUT2D eigenvalue weighted by molar-refractivity contribution is 0.160. The first-order chi connectivity index (χ1) is 6.95. The van der Waals surface area contributed by atoms with Crippen LogP contribution in [0.5, 0.6) is 0 Å². The van der Waals surface area contributed by atoms with Crippen molar-refractivity contribution in [1.82, 2.24) is 4.90 Å². The molecule has 0 saturated carbocycles. The van der Waals surface area contributed by atoms with E-state index >= 15 is 0 Å². The van der Waals surface area contributed by atoms with Gasteiger partial charge in [0.15, 0.2) is 0 Å². The maximum atomic E-state index is 4.49. The van der Waals surface area contributed by atoms with Crippen molar-refractivity contribution in [2.24, 2.45) is 11.3 Å². The molecular formula is C12H25NS2. The van der Waals surface area contributed by atoms with Gasteiger partial charge >= 0.3 is 0 Å². The van der Waals surface area contributed by atoms with Crippen molar-refractivity contribution in [1.29, 1.82) is 0 Å². The Morgan fingerprint density at radius 2 is 2.13 bits per heavy atom. The minimum atomic E-state index is 0.377. The number of hydrogen-bond donors (Lipinski definition) is 1. The van der Waals surface area contributed by atoms with Gasteiger partial charge in [-0.25, -0.2) is 0 Å². The number of hydrogen-bond acceptors (Lipinski definition) is 3. The second-order valence-electron chi connectivity index (χ2n) is 5.70. The van der Waals surface area contributed by atoms with E-state index in [4.69, 9.17) is 0 Å². The number of rotatable bonds is 4. The zero-order valence-electron chi connectivity index (χ0n) is 10.5. The Balaban J connectivity index is 2.43. The summed E-state index contributed by atoms with van der Waals surface area (Å²) in [5.41, 5.74) is 0.377. The van der Waals surface area contributed by atoms with Gasteiger partial charge in [-0.1, -0.05) is 20.8 Å². The molecule has 1 rings (SSSR count). The molecule has 0 aromatic heterocycles. The molecule has 0 aliphatic carbocycles. The van der Waals surface area contributed by atoms with Crippen molar-refractivity contribution in [3.63, 3.8) is 0 Å². The van der Waals surface area contributed by atoms with E-state index in [1.807, 2.05) is 0 Å². The normalized spacial score (nSPS) is 24.8. The van der Waals surface area contributed by atoms with Gasteiger partial charge in [0.2, 0.25) is 0 Å². The van der Waals surface area contributed by atoms with Gasteiger partial charge in [0.25, 0.3) is 0 Å². The standard InChI is InChI=1S/C12H25NS2/c1-12(2,3)10(8-14)7-13(4)11-5-6-15-9-11/h10-11,14H,5-9H2,1-4H3. The first-order valence-corrected chi connectivity index (χ1v) is 7.62. The lowest BCUT2D eigenvalue weighted by Crippen LogP contribution is -2.40. The third-order valence-corrected chi connectivity index (χ3v) is 5.07. The zero-order valence-corrected chi connectivity index (χ0v) is 12.2. The van der Waals surface area contributed by atoms with Crippen molar-refractivity contribution in [2.75, 3.05) is 30.9 Å². The molecule has 1 saturated heterocycles. The van der Waals surface area contributed by atoms with Gasteiger partial charge in [-0.05, 0) is 36.3 Å². The summed E-state index contributed by atoms with van der Waals surface area (Å²) in [5, 5.41) is 0. The highest BCUT2D eigenvalue weighted by Gasteiger charge is 2.28. The fourth-order valence-corrected chi connectivity index (χ4v) is 3.93. The Kier molecular flexibility index (Phi) is 5.33. The monoisotopic (exact) mass is 247 g/mol. The number of nitrogens with zero attached hydrogens (tertiary/aromatic N) is 1. The second-order valence-corrected chi connectivity index (χ2v) is 7.22. The van der Waals surface area contributed by atoms with Crippen LogP contribution in [0, 0.1) is 11.3 Å². The van der Waals surface area contributed by atoms with Crippen molar-refractivity contribution >= 4 is 24.4 Å². The van der Waals surface area contributed by atoms with E-state index in [2.05, 4.69) is 57.1 Å². The number of thiol groups is 1. The molecule has 1 nitrogen and oxygen atoms in total. The lowest BCUT2D eigenvalue weighted by Gasteiger charge is -2.35. The van der Waals surface area contributed by atoms with Gasteiger partial charge in [0.05, 0.1) is 0 Å². The molecule has 2 atom stereocenters. The third kappa shape index (κ3) is 4.20. The van der Waals surface area contributed by atoms with Gasteiger partial charge < -0.3 is 4.90 Å². The quantitative estimate of drug-likeness (QED) is 0.761. The maximum absolute atomic E-state index is 4.49. The topological polar surface area (TPSA) is 3.24 Å². The largest absolute Gasteiger partial charge is 0.302 e. The molecule has 90 valence electrons. The van der Waals surface area contributed by atoms with Gasteiger partial charge in [0.1, 0.15) is 0 Å². The molecule has 1 fully saturated rings. The summed E-state index contributed by atoms with van der Waals surface area (Å²) in [6, 6.07) is 0.805. The summed E-state index contributed by atoms with van der Waals surface area (Å²) in [7, 11) is 2.28. The van der Waals surface area contributed by atoms with Crippen LogP contribution in [0.3, 0.4) is 0 Å².